The number of anilines is 1. The molecule has 2 aromatic rings. The highest BCUT2D eigenvalue weighted by atomic mass is 35.5. The molecular weight excluding hydrogens is 377 g/mol. The van der Waals surface area contributed by atoms with Crippen LogP contribution in [0.1, 0.15) is 10.4 Å². The summed E-state index contributed by atoms with van der Waals surface area (Å²) in [5, 5.41) is 3.44. The zero-order valence-electron chi connectivity index (χ0n) is 12.4. The van der Waals surface area contributed by atoms with E-state index in [2.05, 4.69) is 10.1 Å². The van der Waals surface area contributed by atoms with Crippen molar-refractivity contribution in [3.8, 4) is 5.75 Å². The molecule has 0 aliphatic rings. The van der Waals surface area contributed by atoms with Crippen molar-refractivity contribution in [1.82, 2.24) is 0 Å². The Hall–Kier alpha value is -1.95. The Labute approximate surface area is 153 Å². The quantitative estimate of drug-likeness (QED) is 0.607. The van der Waals surface area contributed by atoms with Gasteiger partial charge in [-0.3, -0.25) is 4.79 Å². The van der Waals surface area contributed by atoms with Gasteiger partial charge >= 0.3 is 5.97 Å². The van der Waals surface area contributed by atoms with Gasteiger partial charge in [-0.05, 0) is 30.3 Å². The van der Waals surface area contributed by atoms with E-state index in [1.54, 1.807) is 12.1 Å². The summed E-state index contributed by atoms with van der Waals surface area (Å²) in [6.07, 6.45) is 0. The predicted molar refractivity (Wildman–Crippen MR) is 93.4 cm³/mol. The van der Waals surface area contributed by atoms with E-state index in [0.29, 0.717) is 16.3 Å². The molecule has 0 radical (unpaired) electrons. The van der Waals surface area contributed by atoms with Crippen LogP contribution in [0.15, 0.2) is 36.4 Å². The van der Waals surface area contributed by atoms with Crippen LogP contribution in [0.2, 0.25) is 15.1 Å². The fourth-order valence-electron chi connectivity index (χ4n) is 1.76. The number of amides is 1. The molecule has 0 bridgehead atoms. The van der Waals surface area contributed by atoms with Gasteiger partial charge in [0.15, 0.2) is 6.61 Å². The molecule has 8 heteroatoms. The average molecular weight is 389 g/mol. The number of hydrogen-bond acceptors (Lipinski definition) is 4. The first-order valence-corrected chi connectivity index (χ1v) is 7.79. The lowest BCUT2D eigenvalue weighted by Crippen LogP contribution is -2.20. The predicted octanol–water partition coefficient (Wildman–Crippen LogP) is 4.45. The van der Waals surface area contributed by atoms with Crippen molar-refractivity contribution in [2.75, 3.05) is 19.0 Å². The van der Waals surface area contributed by atoms with Gasteiger partial charge in [0.25, 0.3) is 5.91 Å². The maximum Gasteiger partial charge on any atom is 0.337 e. The Bertz CT molecular complexity index is 763. The SMILES string of the molecule is COC(=O)c1ccc(NC(=O)COc2cc(Cl)c(Cl)cc2Cl)cc1. The lowest BCUT2D eigenvalue weighted by atomic mass is 10.2. The van der Waals surface area contributed by atoms with Crippen LogP contribution in [0.25, 0.3) is 0 Å². The molecule has 0 spiro atoms. The number of halogens is 3. The summed E-state index contributed by atoms with van der Waals surface area (Å²) in [7, 11) is 1.30. The van der Waals surface area contributed by atoms with Crippen LogP contribution in [0, 0.1) is 0 Å². The highest BCUT2D eigenvalue weighted by Gasteiger charge is 2.10. The molecule has 1 amide bonds. The summed E-state index contributed by atoms with van der Waals surface area (Å²) in [5.41, 5.74) is 0.894. The Morgan fingerprint density at radius 2 is 1.62 bits per heavy atom. The van der Waals surface area contributed by atoms with Crippen LogP contribution in [0.5, 0.6) is 5.75 Å². The molecule has 0 heterocycles. The summed E-state index contributed by atoms with van der Waals surface area (Å²) < 4.78 is 9.92. The zero-order valence-corrected chi connectivity index (χ0v) is 14.7. The molecule has 2 aromatic carbocycles. The van der Waals surface area contributed by atoms with E-state index in [0.717, 1.165) is 0 Å². The van der Waals surface area contributed by atoms with Crippen molar-refractivity contribution in [1.29, 1.82) is 0 Å². The second kappa shape index (κ2) is 8.24. The molecule has 0 atom stereocenters. The number of rotatable bonds is 5. The third kappa shape index (κ3) is 4.77. The van der Waals surface area contributed by atoms with Crippen molar-refractivity contribution in [2.45, 2.75) is 0 Å². The van der Waals surface area contributed by atoms with Crippen LogP contribution < -0.4 is 10.1 Å². The number of ether oxygens (including phenoxy) is 2. The molecule has 2 rings (SSSR count). The molecule has 1 N–H and O–H groups in total. The monoisotopic (exact) mass is 387 g/mol. The molecule has 0 saturated carbocycles. The first-order valence-electron chi connectivity index (χ1n) is 6.66. The van der Waals surface area contributed by atoms with Crippen LogP contribution >= 0.6 is 34.8 Å². The van der Waals surface area contributed by atoms with Gasteiger partial charge in [0, 0.05) is 11.8 Å². The van der Waals surface area contributed by atoms with Gasteiger partial charge in [0.1, 0.15) is 5.75 Å². The van der Waals surface area contributed by atoms with Crippen molar-refractivity contribution in [3.05, 3.63) is 57.0 Å². The lowest BCUT2D eigenvalue weighted by molar-refractivity contribution is -0.118. The summed E-state index contributed by atoms with van der Waals surface area (Å²) in [6, 6.07) is 9.11. The van der Waals surface area contributed by atoms with Crippen LogP contribution in [-0.2, 0) is 9.53 Å². The van der Waals surface area contributed by atoms with E-state index in [4.69, 9.17) is 39.5 Å². The summed E-state index contributed by atoms with van der Waals surface area (Å²) >= 11 is 17.7. The summed E-state index contributed by atoms with van der Waals surface area (Å²) in [6.45, 7) is -0.267. The minimum absolute atomic E-state index is 0.250. The van der Waals surface area contributed by atoms with Gasteiger partial charge in [-0.15, -0.1) is 0 Å². The van der Waals surface area contributed by atoms with Gasteiger partial charge in [-0.2, -0.15) is 0 Å². The van der Waals surface area contributed by atoms with Gasteiger partial charge in [0.05, 0.1) is 27.7 Å². The van der Waals surface area contributed by atoms with Gasteiger partial charge < -0.3 is 14.8 Å². The summed E-state index contributed by atoms with van der Waals surface area (Å²) in [4.78, 5) is 23.2. The third-order valence-corrected chi connectivity index (χ3v) is 3.94. The van der Waals surface area contributed by atoms with Crippen molar-refractivity contribution in [3.63, 3.8) is 0 Å². The number of carbonyl (C=O) groups is 2. The van der Waals surface area contributed by atoms with E-state index in [-0.39, 0.29) is 22.4 Å². The van der Waals surface area contributed by atoms with E-state index in [1.807, 2.05) is 0 Å². The lowest BCUT2D eigenvalue weighted by Gasteiger charge is -2.10. The topological polar surface area (TPSA) is 64.6 Å². The molecular formula is C16H12Cl3NO4. The molecule has 0 saturated heterocycles. The minimum Gasteiger partial charge on any atom is -0.482 e. The van der Waals surface area contributed by atoms with Crippen molar-refractivity contribution in [2.24, 2.45) is 0 Å². The third-order valence-electron chi connectivity index (χ3n) is 2.92. The first kappa shape index (κ1) is 18.4. The van der Waals surface area contributed by atoms with Crippen molar-refractivity contribution < 1.29 is 19.1 Å². The molecule has 0 aromatic heterocycles. The molecule has 24 heavy (non-hydrogen) atoms. The number of hydrogen-bond donors (Lipinski definition) is 1. The molecule has 0 aliphatic heterocycles. The molecule has 0 fully saturated rings. The number of carbonyl (C=O) groups excluding carboxylic acids is 2. The number of benzene rings is 2. The maximum absolute atomic E-state index is 11.9. The molecule has 126 valence electrons. The van der Waals surface area contributed by atoms with Gasteiger partial charge in [0.2, 0.25) is 0 Å². The average Bonchev–Trinajstić information content (AvgIpc) is 2.57. The maximum atomic E-state index is 11.9. The van der Waals surface area contributed by atoms with Gasteiger partial charge in [-0.1, -0.05) is 34.8 Å². The highest BCUT2D eigenvalue weighted by Crippen LogP contribution is 2.33. The molecule has 0 aliphatic carbocycles. The Kier molecular flexibility index (Phi) is 6.31. The molecule has 5 nitrogen and oxygen atoms in total. The standard InChI is InChI=1S/C16H12Cl3NO4/c1-23-16(22)9-2-4-10(5-3-9)20-15(21)8-24-14-7-12(18)11(17)6-13(14)19/h2-7H,8H2,1H3,(H,20,21). The van der Waals surface area contributed by atoms with Crippen molar-refractivity contribution >= 4 is 52.4 Å². The second-order valence-electron chi connectivity index (χ2n) is 4.60. The second-order valence-corrected chi connectivity index (χ2v) is 5.82. The Morgan fingerprint density at radius 1 is 1.00 bits per heavy atom. The van der Waals surface area contributed by atoms with E-state index < -0.39 is 11.9 Å². The zero-order chi connectivity index (χ0) is 17.7. The minimum atomic E-state index is -0.453. The van der Waals surface area contributed by atoms with E-state index >= 15 is 0 Å². The fourth-order valence-corrected chi connectivity index (χ4v) is 2.35. The number of nitrogens with one attached hydrogen (secondary N) is 1. The van der Waals surface area contributed by atoms with E-state index in [1.165, 1.54) is 31.4 Å². The van der Waals surface area contributed by atoms with Crippen LogP contribution in [0.3, 0.4) is 0 Å². The van der Waals surface area contributed by atoms with E-state index in [9.17, 15) is 9.59 Å². The number of esters is 1. The highest BCUT2D eigenvalue weighted by molar-refractivity contribution is 6.43. The van der Waals surface area contributed by atoms with Crippen LogP contribution in [0.4, 0.5) is 5.69 Å². The molecule has 0 unspecified atom stereocenters. The fraction of sp³-hybridized carbons (Fsp3) is 0.125. The Balaban J connectivity index is 1.94. The summed E-state index contributed by atoms with van der Waals surface area (Å²) in [5.74, 6) is -0.601. The Morgan fingerprint density at radius 3 is 2.25 bits per heavy atom. The smallest absolute Gasteiger partial charge is 0.337 e. The van der Waals surface area contributed by atoms with Crippen LogP contribution in [-0.4, -0.2) is 25.6 Å². The number of methoxy groups -OCH3 is 1. The first-order chi connectivity index (χ1) is 11.4. The normalized spacial score (nSPS) is 10.2. The van der Waals surface area contributed by atoms with Gasteiger partial charge in [-0.25, -0.2) is 4.79 Å². The largest absolute Gasteiger partial charge is 0.482 e.